The van der Waals surface area contributed by atoms with E-state index in [4.69, 9.17) is 0 Å². The fraction of sp³-hybridized carbons (Fsp3) is 0.263. The molecule has 2 heterocycles. The number of nitrogens with one attached hydrogen (secondary N) is 1. The van der Waals surface area contributed by atoms with Gasteiger partial charge in [0.1, 0.15) is 5.69 Å². The Labute approximate surface area is 158 Å². The van der Waals surface area contributed by atoms with Gasteiger partial charge in [-0.25, -0.2) is 8.42 Å². The molecule has 0 aliphatic carbocycles. The molecular weight excluding hydrogens is 366 g/mol. The second-order valence-corrected chi connectivity index (χ2v) is 8.13. The van der Waals surface area contributed by atoms with E-state index in [2.05, 4.69) is 4.98 Å². The maximum atomic E-state index is 12.5. The van der Waals surface area contributed by atoms with Crippen LogP contribution in [0.4, 0.5) is 0 Å². The predicted octanol–water partition coefficient (Wildman–Crippen LogP) is 1.98. The van der Waals surface area contributed by atoms with E-state index in [0.29, 0.717) is 24.3 Å². The Hall–Kier alpha value is -2.71. The summed E-state index contributed by atoms with van der Waals surface area (Å²) in [6.45, 7) is 2.49. The number of ketones is 1. The zero-order valence-electron chi connectivity index (χ0n) is 15.0. The Bertz CT molecular complexity index is 956. The fourth-order valence-corrected chi connectivity index (χ4v) is 4.03. The van der Waals surface area contributed by atoms with Gasteiger partial charge in [-0.05, 0) is 24.6 Å². The van der Waals surface area contributed by atoms with Crippen molar-refractivity contribution in [2.75, 3.05) is 26.2 Å². The van der Waals surface area contributed by atoms with Gasteiger partial charge in [0.25, 0.3) is 5.91 Å². The number of hydrogen-bond acceptors (Lipinski definition) is 4. The lowest BCUT2D eigenvalue weighted by Crippen LogP contribution is -2.50. The molecule has 1 N–H and O–H groups in total. The molecule has 1 fully saturated rings. The summed E-state index contributed by atoms with van der Waals surface area (Å²) in [5, 5.41) is 1.20. The first-order valence-electron chi connectivity index (χ1n) is 8.59. The van der Waals surface area contributed by atoms with Crippen molar-refractivity contribution in [3.63, 3.8) is 0 Å². The number of hydrogen-bond donors (Lipinski definition) is 1. The van der Waals surface area contributed by atoms with Gasteiger partial charge in [0.2, 0.25) is 10.0 Å². The van der Waals surface area contributed by atoms with Crippen molar-refractivity contribution < 1.29 is 18.0 Å². The summed E-state index contributed by atoms with van der Waals surface area (Å²) < 4.78 is 26.3. The SMILES string of the molecule is CC(=O)c1c[nH]c(C(=O)N2CCN(S(=O)(=O)/C=C/c3ccccc3)CC2)c1. The molecule has 8 heteroatoms. The van der Waals surface area contributed by atoms with Gasteiger partial charge in [-0.3, -0.25) is 9.59 Å². The lowest BCUT2D eigenvalue weighted by molar-refractivity contribution is 0.0693. The molecule has 0 unspecified atom stereocenters. The van der Waals surface area contributed by atoms with Crippen LogP contribution in [0, 0.1) is 0 Å². The lowest BCUT2D eigenvalue weighted by Gasteiger charge is -2.33. The van der Waals surface area contributed by atoms with E-state index in [-0.39, 0.29) is 24.8 Å². The number of carbonyl (C=O) groups is 2. The third-order valence-corrected chi connectivity index (χ3v) is 6.00. The van der Waals surface area contributed by atoms with Gasteiger partial charge >= 0.3 is 0 Å². The molecule has 27 heavy (non-hydrogen) atoms. The number of amides is 1. The normalized spacial score (nSPS) is 16.0. The Morgan fingerprint density at radius 2 is 1.74 bits per heavy atom. The van der Waals surface area contributed by atoms with Gasteiger partial charge in [0.15, 0.2) is 5.78 Å². The molecule has 1 amide bonds. The molecule has 1 aromatic carbocycles. The topological polar surface area (TPSA) is 90.6 Å². The maximum Gasteiger partial charge on any atom is 0.270 e. The van der Waals surface area contributed by atoms with Crippen LogP contribution < -0.4 is 0 Å². The van der Waals surface area contributed by atoms with E-state index in [1.807, 2.05) is 30.3 Å². The number of carbonyl (C=O) groups excluding carboxylic acids is 2. The Morgan fingerprint density at radius 3 is 2.33 bits per heavy atom. The first-order chi connectivity index (χ1) is 12.9. The molecule has 0 atom stereocenters. The molecule has 1 aromatic heterocycles. The van der Waals surface area contributed by atoms with Crippen LogP contribution in [0.3, 0.4) is 0 Å². The van der Waals surface area contributed by atoms with Crippen molar-refractivity contribution in [3.8, 4) is 0 Å². The molecule has 1 aliphatic heterocycles. The van der Waals surface area contributed by atoms with Crippen LogP contribution in [0.1, 0.15) is 33.3 Å². The van der Waals surface area contributed by atoms with Crippen LogP contribution >= 0.6 is 0 Å². The van der Waals surface area contributed by atoms with Gasteiger partial charge in [-0.15, -0.1) is 0 Å². The lowest BCUT2D eigenvalue weighted by atomic mass is 10.2. The van der Waals surface area contributed by atoms with Crippen molar-refractivity contribution >= 4 is 27.8 Å². The molecule has 2 aromatic rings. The van der Waals surface area contributed by atoms with Crippen molar-refractivity contribution in [1.82, 2.24) is 14.2 Å². The van der Waals surface area contributed by atoms with Gasteiger partial charge in [-0.1, -0.05) is 30.3 Å². The van der Waals surface area contributed by atoms with Crippen LogP contribution in [0.5, 0.6) is 0 Å². The van der Waals surface area contributed by atoms with Crippen molar-refractivity contribution in [2.45, 2.75) is 6.92 Å². The van der Waals surface area contributed by atoms with Crippen LogP contribution in [0.25, 0.3) is 6.08 Å². The number of aromatic amines is 1. The highest BCUT2D eigenvalue weighted by atomic mass is 32.2. The molecule has 0 radical (unpaired) electrons. The summed E-state index contributed by atoms with van der Waals surface area (Å²) in [5.41, 5.74) is 1.59. The summed E-state index contributed by atoms with van der Waals surface area (Å²) >= 11 is 0. The largest absolute Gasteiger partial charge is 0.356 e. The maximum absolute atomic E-state index is 12.5. The van der Waals surface area contributed by atoms with E-state index in [0.717, 1.165) is 5.56 Å². The first kappa shape index (κ1) is 19.1. The predicted molar refractivity (Wildman–Crippen MR) is 103 cm³/mol. The van der Waals surface area contributed by atoms with Crippen molar-refractivity contribution in [2.24, 2.45) is 0 Å². The highest BCUT2D eigenvalue weighted by Crippen LogP contribution is 2.14. The van der Waals surface area contributed by atoms with Gasteiger partial charge in [0.05, 0.1) is 0 Å². The molecule has 0 bridgehead atoms. The van der Waals surface area contributed by atoms with Crippen LogP contribution in [0.2, 0.25) is 0 Å². The smallest absolute Gasteiger partial charge is 0.270 e. The van der Waals surface area contributed by atoms with E-state index >= 15 is 0 Å². The number of benzene rings is 1. The van der Waals surface area contributed by atoms with Crippen molar-refractivity contribution in [1.29, 1.82) is 0 Å². The number of piperazine rings is 1. The number of nitrogens with zero attached hydrogens (tertiary/aromatic N) is 2. The first-order valence-corrected chi connectivity index (χ1v) is 10.1. The Balaban J connectivity index is 1.61. The van der Waals surface area contributed by atoms with Crippen molar-refractivity contribution in [3.05, 3.63) is 64.8 Å². The second-order valence-electron chi connectivity index (χ2n) is 6.31. The standard InChI is InChI=1S/C19H21N3O4S/c1-15(23)17-13-18(20-14-17)19(24)21-8-10-22(11-9-21)27(25,26)12-7-16-5-3-2-4-6-16/h2-7,12-14,20H,8-11H2,1H3/b12-7+. The zero-order valence-corrected chi connectivity index (χ0v) is 15.8. The van der Waals surface area contributed by atoms with Crippen LogP contribution in [-0.4, -0.2) is 60.5 Å². The summed E-state index contributed by atoms with van der Waals surface area (Å²) in [7, 11) is -3.54. The average molecular weight is 387 g/mol. The third-order valence-electron chi connectivity index (χ3n) is 4.44. The Morgan fingerprint density at radius 1 is 1.07 bits per heavy atom. The summed E-state index contributed by atoms with van der Waals surface area (Å²) in [5.74, 6) is -0.356. The quantitative estimate of drug-likeness (QED) is 0.794. The summed E-state index contributed by atoms with van der Waals surface area (Å²) in [6.07, 6.45) is 3.07. The van der Waals surface area contributed by atoms with E-state index in [9.17, 15) is 18.0 Å². The highest BCUT2D eigenvalue weighted by molar-refractivity contribution is 7.92. The zero-order chi connectivity index (χ0) is 19.4. The Kier molecular flexibility index (Phi) is 5.57. The minimum Gasteiger partial charge on any atom is -0.356 e. The number of sulfonamides is 1. The summed E-state index contributed by atoms with van der Waals surface area (Å²) in [6, 6.07) is 10.7. The van der Waals surface area contributed by atoms with E-state index in [1.165, 1.54) is 28.9 Å². The minimum atomic E-state index is -3.54. The minimum absolute atomic E-state index is 0.119. The second kappa shape index (κ2) is 7.89. The third kappa shape index (κ3) is 4.53. The van der Waals surface area contributed by atoms with Crippen LogP contribution in [0.15, 0.2) is 48.0 Å². The molecule has 142 valence electrons. The highest BCUT2D eigenvalue weighted by Gasteiger charge is 2.28. The van der Waals surface area contributed by atoms with E-state index < -0.39 is 10.0 Å². The molecule has 3 rings (SSSR count). The van der Waals surface area contributed by atoms with Crippen LogP contribution in [-0.2, 0) is 10.0 Å². The molecule has 7 nitrogen and oxygen atoms in total. The summed E-state index contributed by atoms with van der Waals surface area (Å²) in [4.78, 5) is 28.2. The molecule has 0 spiro atoms. The monoisotopic (exact) mass is 387 g/mol. The van der Waals surface area contributed by atoms with Gasteiger partial charge < -0.3 is 9.88 Å². The van der Waals surface area contributed by atoms with E-state index in [1.54, 1.807) is 11.0 Å². The number of Topliss-reactive ketones (excluding diaryl/α,β-unsaturated/α-hetero) is 1. The van der Waals surface area contributed by atoms with Gasteiger partial charge in [0, 0.05) is 43.3 Å². The number of H-pyrrole nitrogens is 1. The average Bonchev–Trinajstić information content (AvgIpc) is 3.17. The fourth-order valence-electron chi connectivity index (χ4n) is 2.85. The molecular formula is C19H21N3O4S. The molecule has 1 saturated heterocycles. The molecule has 0 saturated carbocycles. The number of aromatic nitrogens is 1. The number of rotatable bonds is 5. The van der Waals surface area contributed by atoms with Gasteiger partial charge in [-0.2, -0.15) is 4.31 Å². The molecule has 1 aliphatic rings.